The molecular weight excluding hydrogens is 240 g/mol. The van der Waals surface area contributed by atoms with Crippen molar-refractivity contribution in [3.8, 4) is 0 Å². The van der Waals surface area contributed by atoms with Crippen LogP contribution in [0.4, 0.5) is 0 Å². The summed E-state index contributed by atoms with van der Waals surface area (Å²) in [6.07, 6.45) is 1.69. The van der Waals surface area contributed by atoms with E-state index in [2.05, 4.69) is 10.6 Å². The minimum atomic E-state index is -0.388. The van der Waals surface area contributed by atoms with Gasteiger partial charge >= 0.3 is 0 Å². The van der Waals surface area contributed by atoms with Gasteiger partial charge in [0.05, 0.1) is 12.1 Å². The van der Waals surface area contributed by atoms with Crippen LogP contribution in [-0.4, -0.2) is 24.3 Å². The van der Waals surface area contributed by atoms with E-state index in [9.17, 15) is 9.59 Å². The molecule has 102 valence electrons. The van der Waals surface area contributed by atoms with Crippen LogP contribution in [0.2, 0.25) is 0 Å². The van der Waals surface area contributed by atoms with E-state index in [1.807, 2.05) is 37.3 Å². The van der Waals surface area contributed by atoms with Gasteiger partial charge in [0.15, 0.2) is 0 Å². The smallest absolute Gasteiger partial charge is 0.238 e. The van der Waals surface area contributed by atoms with Crippen molar-refractivity contribution in [2.45, 2.75) is 38.3 Å². The molecule has 1 amide bonds. The fourth-order valence-corrected chi connectivity index (χ4v) is 2.29. The molecule has 1 saturated heterocycles. The van der Waals surface area contributed by atoms with Gasteiger partial charge in [-0.1, -0.05) is 30.3 Å². The van der Waals surface area contributed by atoms with Gasteiger partial charge in [-0.05, 0) is 25.5 Å². The third-order valence-electron chi connectivity index (χ3n) is 3.43. The third kappa shape index (κ3) is 3.89. The highest BCUT2D eigenvalue weighted by Gasteiger charge is 2.24. The average molecular weight is 260 g/mol. The molecule has 1 aromatic carbocycles. The number of hydrogen-bond acceptors (Lipinski definition) is 3. The van der Waals surface area contributed by atoms with Gasteiger partial charge in [-0.15, -0.1) is 0 Å². The summed E-state index contributed by atoms with van der Waals surface area (Å²) in [5.74, 6) is 0.0733. The SMILES string of the molecule is CC(NC(=O)C1CC(=O)CCCN1)c1ccccc1. The van der Waals surface area contributed by atoms with E-state index < -0.39 is 0 Å². The number of amides is 1. The highest BCUT2D eigenvalue weighted by molar-refractivity contribution is 5.89. The maximum absolute atomic E-state index is 12.2. The van der Waals surface area contributed by atoms with Crippen LogP contribution in [0.25, 0.3) is 0 Å². The number of carbonyl (C=O) groups is 2. The zero-order chi connectivity index (χ0) is 13.7. The molecule has 2 atom stereocenters. The van der Waals surface area contributed by atoms with E-state index in [0.29, 0.717) is 12.8 Å². The van der Waals surface area contributed by atoms with E-state index >= 15 is 0 Å². The van der Waals surface area contributed by atoms with Crippen molar-refractivity contribution < 1.29 is 9.59 Å². The molecule has 0 radical (unpaired) electrons. The first kappa shape index (κ1) is 13.7. The first-order valence-corrected chi connectivity index (χ1v) is 6.77. The van der Waals surface area contributed by atoms with Gasteiger partial charge in [-0.3, -0.25) is 9.59 Å². The molecule has 2 rings (SSSR count). The highest BCUT2D eigenvalue weighted by Crippen LogP contribution is 2.12. The Morgan fingerprint density at radius 2 is 2.11 bits per heavy atom. The summed E-state index contributed by atoms with van der Waals surface area (Å²) in [4.78, 5) is 23.7. The maximum atomic E-state index is 12.2. The number of carbonyl (C=O) groups excluding carboxylic acids is 2. The zero-order valence-electron chi connectivity index (χ0n) is 11.2. The van der Waals surface area contributed by atoms with Crippen LogP contribution < -0.4 is 10.6 Å². The number of hydrogen-bond donors (Lipinski definition) is 2. The van der Waals surface area contributed by atoms with E-state index in [0.717, 1.165) is 18.5 Å². The number of Topliss-reactive ketones (excluding diaryl/α,β-unsaturated/α-hetero) is 1. The molecule has 0 saturated carbocycles. The van der Waals surface area contributed by atoms with Crippen LogP contribution >= 0.6 is 0 Å². The van der Waals surface area contributed by atoms with Crippen molar-refractivity contribution in [2.75, 3.05) is 6.54 Å². The maximum Gasteiger partial charge on any atom is 0.238 e. The molecule has 1 fully saturated rings. The van der Waals surface area contributed by atoms with Gasteiger partial charge < -0.3 is 10.6 Å². The summed E-state index contributed by atoms with van der Waals surface area (Å²) in [5, 5.41) is 6.10. The molecule has 0 bridgehead atoms. The molecule has 0 aliphatic carbocycles. The number of ketones is 1. The Kier molecular flexibility index (Phi) is 4.68. The Balaban J connectivity index is 1.94. The molecule has 1 aliphatic heterocycles. The van der Waals surface area contributed by atoms with Crippen LogP contribution in [0.5, 0.6) is 0 Å². The van der Waals surface area contributed by atoms with E-state index in [1.165, 1.54) is 0 Å². The van der Waals surface area contributed by atoms with Crippen LogP contribution in [0.3, 0.4) is 0 Å². The number of rotatable bonds is 3. The summed E-state index contributed by atoms with van der Waals surface area (Å²) in [6.45, 7) is 2.68. The summed E-state index contributed by atoms with van der Waals surface area (Å²) >= 11 is 0. The minimum absolute atomic E-state index is 0.0474. The van der Waals surface area contributed by atoms with E-state index in [1.54, 1.807) is 0 Å². The average Bonchev–Trinajstić information content (AvgIpc) is 2.64. The predicted octanol–water partition coefficient (Wildman–Crippen LogP) is 1.57. The largest absolute Gasteiger partial charge is 0.348 e. The summed E-state index contributed by atoms with van der Waals surface area (Å²) < 4.78 is 0. The summed E-state index contributed by atoms with van der Waals surface area (Å²) in [6, 6.07) is 9.38. The van der Waals surface area contributed by atoms with Crippen molar-refractivity contribution in [2.24, 2.45) is 0 Å². The van der Waals surface area contributed by atoms with Gasteiger partial charge in [0.2, 0.25) is 5.91 Å². The molecular formula is C15H20N2O2. The second-order valence-electron chi connectivity index (χ2n) is 4.99. The van der Waals surface area contributed by atoms with Crippen molar-refractivity contribution in [3.63, 3.8) is 0 Å². The second-order valence-corrected chi connectivity index (χ2v) is 4.99. The Hall–Kier alpha value is -1.68. The van der Waals surface area contributed by atoms with Gasteiger partial charge in [0.1, 0.15) is 5.78 Å². The molecule has 1 aliphatic rings. The highest BCUT2D eigenvalue weighted by atomic mass is 16.2. The molecule has 19 heavy (non-hydrogen) atoms. The Morgan fingerprint density at radius 3 is 2.84 bits per heavy atom. The molecule has 0 spiro atoms. The van der Waals surface area contributed by atoms with Crippen LogP contribution in [0, 0.1) is 0 Å². The fraction of sp³-hybridized carbons (Fsp3) is 0.467. The lowest BCUT2D eigenvalue weighted by Gasteiger charge is -2.19. The number of benzene rings is 1. The molecule has 0 aromatic heterocycles. The topological polar surface area (TPSA) is 58.2 Å². The lowest BCUT2D eigenvalue weighted by Crippen LogP contribution is -2.45. The van der Waals surface area contributed by atoms with Crippen LogP contribution in [0.15, 0.2) is 30.3 Å². The standard InChI is InChI=1S/C15H20N2O2/c1-11(12-6-3-2-4-7-12)17-15(19)14-10-13(18)8-5-9-16-14/h2-4,6-7,11,14,16H,5,8-10H2,1H3,(H,17,19). The lowest BCUT2D eigenvalue weighted by molar-refractivity contribution is -0.127. The second kappa shape index (κ2) is 6.48. The zero-order valence-corrected chi connectivity index (χ0v) is 11.2. The lowest BCUT2D eigenvalue weighted by atomic mass is 10.1. The Bertz CT molecular complexity index is 445. The molecule has 4 heteroatoms. The monoisotopic (exact) mass is 260 g/mol. The van der Waals surface area contributed by atoms with E-state index in [4.69, 9.17) is 0 Å². The third-order valence-corrected chi connectivity index (χ3v) is 3.43. The number of nitrogens with one attached hydrogen (secondary N) is 2. The molecule has 2 unspecified atom stereocenters. The van der Waals surface area contributed by atoms with Crippen molar-refractivity contribution in [1.29, 1.82) is 0 Å². The van der Waals surface area contributed by atoms with Crippen molar-refractivity contribution >= 4 is 11.7 Å². The first-order valence-electron chi connectivity index (χ1n) is 6.77. The molecule has 2 N–H and O–H groups in total. The molecule has 1 heterocycles. The van der Waals surface area contributed by atoms with Crippen molar-refractivity contribution in [1.82, 2.24) is 10.6 Å². The van der Waals surface area contributed by atoms with Gasteiger partial charge in [0, 0.05) is 12.8 Å². The van der Waals surface area contributed by atoms with Gasteiger partial charge in [-0.2, -0.15) is 0 Å². The Morgan fingerprint density at radius 1 is 1.37 bits per heavy atom. The van der Waals surface area contributed by atoms with Crippen molar-refractivity contribution in [3.05, 3.63) is 35.9 Å². The first-order chi connectivity index (χ1) is 9.16. The quantitative estimate of drug-likeness (QED) is 0.867. The molecule has 1 aromatic rings. The summed E-state index contributed by atoms with van der Waals surface area (Å²) in [5.41, 5.74) is 1.07. The van der Waals surface area contributed by atoms with Crippen LogP contribution in [-0.2, 0) is 9.59 Å². The molecule has 4 nitrogen and oxygen atoms in total. The summed E-state index contributed by atoms with van der Waals surface area (Å²) in [7, 11) is 0. The normalized spacial score (nSPS) is 21.5. The van der Waals surface area contributed by atoms with E-state index in [-0.39, 0.29) is 23.8 Å². The van der Waals surface area contributed by atoms with Gasteiger partial charge in [0.25, 0.3) is 0 Å². The van der Waals surface area contributed by atoms with Gasteiger partial charge in [-0.25, -0.2) is 0 Å². The predicted molar refractivity (Wildman–Crippen MR) is 73.6 cm³/mol. The van der Waals surface area contributed by atoms with Crippen LogP contribution in [0.1, 0.15) is 37.8 Å². The minimum Gasteiger partial charge on any atom is -0.348 e. The Labute approximate surface area is 113 Å². The fourth-order valence-electron chi connectivity index (χ4n) is 2.29.